The van der Waals surface area contributed by atoms with Gasteiger partial charge in [-0.3, -0.25) is 9.59 Å². The van der Waals surface area contributed by atoms with E-state index < -0.39 is 0 Å². The van der Waals surface area contributed by atoms with Crippen LogP contribution in [0.1, 0.15) is 5.56 Å². The first-order chi connectivity index (χ1) is 11.6. The summed E-state index contributed by atoms with van der Waals surface area (Å²) in [6.07, 6.45) is 0. The monoisotopic (exact) mass is 326 g/mol. The lowest BCUT2D eigenvalue weighted by Crippen LogP contribution is -2.35. The minimum absolute atomic E-state index is 0.0452. The number of fused-ring (bicyclic) bond motifs is 1. The minimum atomic E-state index is -0.211. The van der Waals surface area contributed by atoms with Gasteiger partial charge in [0.25, 0.3) is 11.8 Å². The summed E-state index contributed by atoms with van der Waals surface area (Å²) in [6, 6.07) is 14.7. The van der Waals surface area contributed by atoms with Crippen LogP contribution in [0.5, 0.6) is 11.5 Å². The molecule has 1 N–H and O–H groups in total. The molecular formula is C18H18N2O4. The van der Waals surface area contributed by atoms with Crippen LogP contribution >= 0.6 is 0 Å². The fourth-order valence-electron chi connectivity index (χ4n) is 2.35. The number of likely N-dealkylation sites (N-methyl/N-ethyl adjacent to an activating group) is 1. The Bertz CT molecular complexity index is 746. The Kier molecular flexibility index (Phi) is 4.65. The van der Waals surface area contributed by atoms with Gasteiger partial charge in [0.05, 0.1) is 5.69 Å². The summed E-state index contributed by atoms with van der Waals surface area (Å²) in [6.45, 7) is 0.360. The van der Waals surface area contributed by atoms with Crippen molar-refractivity contribution in [3.05, 3.63) is 54.1 Å². The lowest BCUT2D eigenvalue weighted by Gasteiger charge is -2.26. The molecule has 0 unspecified atom stereocenters. The highest BCUT2D eigenvalue weighted by molar-refractivity contribution is 5.97. The second kappa shape index (κ2) is 7.04. The predicted molar refractivity (Wildman–Crippen MR) is 89.1 cm³/mol. The van der Waals surface area contributed by atoms with Gasteiger partial charge in [-0.1, -0.05) is 24.3 Å². The SMILES string of the molecule is CN1C(=O)COc2ccc(CNC(=O)COc3ccccc3)cc21. The number of nitrogens with zero attached hydrogens (tertiary/aromatic N) is 1. The van der Waals surface area contributed by atoms with Gasteiger partial charge in [0.2, 0.25) is 0 Å². The van der Waals surface area contributed by atoms with E-state index in [1.54, 1.807) is 30.1 Å². The summed E-state index contributed by atoms with van der Waals surface area (Å²) in [4.78, 5) is 25.1. The highest BCUT2D eigenvalue weighted by Crippen LogP contribution is 2.31. The third-order valence-corrected chi connectivity index (χ3v) is 3.71. The number of ether oxygens (including phenoxy) is 2. The van der Waals surface area contributed by atoms with E-state index in [4.69, 9.17) is 9.47 Å². The van der Waals surface area contributed by atoms with E-state index in [9.17, 15) is 9.59 Å². The van der Waals surface area contributed by atoms with Crippen molar-refractivity contribution < 1.29 is 19.1 Å². The fourth-order valence-corrected chi connectivity index (χ4v) is 2.35. The number of nitrogens with one attached hydrogen (secondary N) is 1. The maximum atomic E-state index is 11.9. The Hall–Kier alpha value is -3.02. The van der Waals surface area contributed by atoms with E-state index in [1.165, 1.54) is 0 Å². The quantitative estimate of drug-likeness (QED) is 0.909. The fraction of sp³-hybridized carbons (Fsp3) is 0.222. The van der Waals surface area contributed by atoms with Crippen LogP contribution in [-0.2, 0) is 16.1 Å². The average Bonchev–Trinajstić information content (AvgIpc) is 2.62. The lowest BCUT2D eigenvalue weighted by atomic mass is 10.1. The van der Waals surface area contributed by atoms with Crippen molar-refractivity contribution in [2.45, 2.75) is 6.54 Å². The standard InChI is InChI=1S/C18H18N2O4/c1-20-15-9-13(7-8-16(15)24-12-18(20)22)10-19-17(21)11-23-14-5-3-2-4-6-14/h2-9H,10-12H2,1H3,(H,19,21). The molecule has 6 heteroatoms. The lowest BCUT2D eigenvalue weighted by molar-refractivity contribution is -0.123. The van der Waals surface area contributed by atoms with Crippen molar-refractivity contribution in [3.63, 3.8) is 0 Å². The third kappa shape index (κ3) is 3.65. The van der Waals surface area contributed by atoms with Gasteiger partial charge >= 0.3 is 0 Å². The van der Waals surface area contributed by atoms with Gasteiger partial charge in [-0.15, -0.1) is 0 Å². The summed E-state index contributed by atoms with van der Waals surface area (Å²) in [5, 5.41) is 2.79. The first-order valence-corrected chi connectivity index (χ1v) is 7.60. The first-order valence-electron chi connectivity index (χ1n) is 7.60. The van der Waals surface area contributed by atoms with Gasteiger partial charge < -0.3 is 19.7 Å². The Morgan fingerprint density at radius 1 is 1.25 bits per heavy atom. The zero-order valence-corrected chi connectivity index (χ0v) is 13.3. The number of carbonyl (C=O) groups is 2. The van der Waals surface area contributed by atoms with Crippen LogP contribution in [0.4, 0.5) is 5.69 Å². The van der Waals surface area contributed by atoms with Crippen molar-refractivity contribution in [2.75, 3.05) is 25.2 Å². The van der Waals surface area contributed by atoms with Crippen molar-refractivity contribution >= 4 is 17.5 Å². The molecule has 0 aromatic heterocycles. The van der Waals surface area contributed by atoms with Gasteiger partial charge in [0, 0.05) is 13.6 Å². The molecule has 1 aliphatic heterocycles. The summed E-state index contributed by atoms with van der Waals surface area (Å²) in [5.41, 5.74) is 1.59. The van der Waals surface area contributed by atoms with Gasteiger partial charge in [-0.2, -0.15) is 0 Å². The molecule has 6 nitrogen and oxygen atoms in total. The molecule has 0 atom stereocenters. The molecule has 0 fully saturated rings. The average molecular weight is 326 g/mol. The Morgan fingerprint density at radius 3 is 2.83 bits per heavy atom. The molecule has 2 amide bonds. The van der Waals surface area contributed by atoms with Crippen LogP contribution in [0.25, 0.3) is 0 Å². The number of rotatable bonds is 5. The first kappa shape index (κ1) is 15.9. The Labute approximate surface area is 140 Å². The van der Waals surface area contributed by atoms with Crippen LogP contribution in [0.3, 0.4) is 0 Å². The number of anilines is 1. The maximum Gasteiger partial charge on any atom is 0.264 e. The van der Waals surface area contributed by atoms with Gasteiger partial charge in [-0.25, -0.2) is 0 Å². The smallest absolute Gasteiger partial charge is 0.264 e. The summed E-state index contributed by atoms with van der Waals surface area (Å²) in [5.74, 6) is 1.01. The van der Waals surface area contributed by atoms with E-state index in [1.807, 2.05) is 30.3 Å². The van der Waals surface area contributed by atoms with Crippen LogP contribution in [0.2, 0.25) is 0 Å². The second-order valence-corrected chi connectivity index (χ2v) is 5.42. The Morgan fingerprint density at radius 2 is 2.04 bits per heavy atom. The number of hydrogen-bond acceptors (Lipinski definition) is 4. The highest BCUT2D eigenvalue weighted by Gasteiger charge is 2.22. The summed E-state index contributed by atoms with van der Waals surface area (Å²) in [7, 11) is 1.71. The van der Waals surface area contributed by atoms with Crippen LogP contribution in [0.15, 0.2) is 48.5 Å². The largest absolute Gasteiger partial charge is 0.484 e. The van der Waals surface area contributed by atoms with E-state index in [2.05, 4.69) is 5.32 Å². The number of hydrogen-bond donors (Lipinski definition) is 1. The number of benzene rings is 2. The van der Waals surface area contributed by atoms with E-state index in [0.717, 1.165) is 5.56 Å². The van der Waals surface area contributed by atoms with Crippen LogP contribution in [0, 0.1) is 0 Å². The van der Waals surface area contributed by atoms with E-state index in [0.29, 0.717) is 23.7 Å². The molecule has 124 valence electrons. The highest BCUT2D eigenvalue weighted by atomic mass is 16.5. The maximum absolute atomic E-state index is 11.9. The van der Waals surface area contributed by atoms with Gasteiger partial charge in [0.15, 0.2) is 13.2 Å². The van der Waals surface area contributed by atoms with Crippen molar-refractivity contribution in [2.24, 2.45) is 0 Å². The number of para-hydroxylation sites is 1. The molecule has 0 radical (unpaired) electrons. The number of carbonyl (C=O) groups excluding carboxylic acids is 2. The predicted octanol–water partition coefficient (Wildman–Crippen LogP) is 1.74. The number of amides is 2. The minimum Gasteiger partial charge on any atom is -0.484 e. The molecule has 0 saturated carbocycles. The Balaban J connectivity index is 1.55. The second-order valence-electron chi connectivity index (χ2n) is 5.42. The molecule has 0 saturated heterocycles. The molecular weight excluding hydrogens is 308 g/mol. The molecule has 0 bridgehead atoms. The molecule has 2 aromatic rings. The molecule has 2 aromatic carbocycles. The molecule has 1 aliphatic rings. The summed E-state index contributed by atoms with van der Waals surface area (Å²) < 4.78 is 10.8. The molecule has 24 heavy (non-hydrogen) atoms. The molecule has 0 aliphatic carbocycles. The van der Waals surface area contributed by atoms with Crippen molar-refractivity contribution in [1.29, 1.82) is 0 Å². The zero-order chi connectivity index (χ0) is 16.9. The van der Waals surface area contributed by atoms with Crippen LogP contribution in [-0.4, -0.2) is 32.1 Å². The molecule has 0 spiro atoms. The van der Waals surface area contributed by atoms with Crippen molar-refractivity contribution in [1.82, 2.24) is 5.32 Å². The van der Waals surface area contributed by atoms with Crippen molar-refractivity contribution in [3.8, 4) is 11.5 Å². The zero-order valence-electron chi connectivity index (χ0n) is 13.3. The third-order valence-electron chi connectivity index (χ3n) is 3.71. The normalized spacial score (nSPS) is 13.0. The van der Waals surface area contributed by atoms with Crippen LogP contribution < -0.4 is 19.7 Å². The molecule has 1 heterocycles. The van der Waals surface area contributed by atoms with E-state index >= 15 is 0 Å². The molecule has 3 rings (SSSR count). The van der Waals surface area contributed by atoms with E-state index in [-0.39, 0.29) is 25.0 Å². The topological polar surface area (TPSA) is 67.9 Å². The summed E-state index contributed by atoms with van der Waals surface area (Å²) >= 11 is 0. The van der Waals surface area contributed by atoms with Gasteiger partial charge in [0.1, 0.15) is 11.5 Å². The van der Waals surface area contributed by atoms with Gasteiger partial charge in [-0.05, 0) is 29.8 Å².